The SMILES string of the molecule is COc1ccc(C(C)NCC2CCC3(CCCC3)O2)cc1. The predicted molar refractivity (Wildman–Crippen MR) is 84.7 cm³/mol. The fourth-order valence-corrected chi connectivity index (χ4v) is 3.75. The van der Waals surface area contributed by atoms with Crippen LogP contribution in [-0.4, -0.2) is 25.4 Å². The molecule has 1 spiro atoms. The maximum absolute atomic E-state index is 6.35. The van der Waals surface area contributed by atoms with Crippen LogP contribution in [0.2, 0.25) is 0 Å². The Balaban J connectivity index is 1.48. The molecule has 1 saturated carbocycles. The van der Waals surface area contributed by atoms with Crippen LogP contribution >= 0.6 is 0 Å². The first-order chi connectivity index (χ1) is 10.2. The number of nitrogens with one attached hydrogen (secondary N) is 1. The van der Waals surface area contributed by atoms with E-state index < -0.39 is 0 Å². The number of hydrogen-bond acceptors (Lipinski definition) is 3. The lowest BCUT2D eigenvalue weighted by molar-refractivity contribution is -0.0357. The zero-order valence-corrected chi connectivity index (χ0v) is 13.2. The molecular formula is C18H27NO2. The van der Waals surface area contributed by atoms with E-state index in [0.717, 1.165) is 12.3 Å². The van der Waals surface area contributed by atoms with Crippen molar-refractivity contribution < 1.29 is 9.47 Å². The van der Waals surface area contributed by atoms with Gasteiger partial charge in [-0.1, -0.05) is 25.0 Å². The van der Waals surface area contributed by atoms with Crippen LogP contribution in [0.4, 0.5) is 0 Å². The molecule has 21 heavy (non-hydrogen) atoms. The molecule has 1 N–H and O–H groups in total. The van der Waals surface area contributed by atoms with Crippen molar-refractivity contribution in [3.8, 4) is 5.75 Å². The molecule has 1 aromatic rings. The lowest BCUT2D eigenvalue weighted by Crippen LogP contribution is -2.32. The van der Waals surface area contributed by atoms with Crippen LogP contribution in [0, 0.1) is 0 Å². The second-order valence-corrected chi connectivity index (χ2v) is 6.57. The van der Waals surface area contributed by atoms with Gasteiger partial charge in [0.05, 0.1) is 18.8 Å². The van der Waals surface area contributed by atoms with Gasteiger partial charge in [0.25, 0.3) is 0 Å². The molecular weight excluding hydrogens is 262 g/mol. The number of benzene rings is 1. The van der Waals surface area contributed by atoms with Gasteiger partial charge in [0.2, 0.25) is 0 Å². The molecule has 3 nitrogen and oxygen atoms in total. The Bertz CT molecular complexity index is 451. The third-order valence-corrected chi connectivity index (χ3v) is 5.12. The van der Waals surface area contributed by atoms with E-state index in [9.17, 15) is 0 Å². The molecule has 1 aliphatic heterocycles. The number of ether oxygens (including phenoxy) is 2. The van der Waals surface area contributed by atoms with Crippen molar-refractivity contribution in [2.75, 3.05) is 13.7 Å². The first kappa shape index (κ1) is 14.9. The fourth-order valence-electron chi connectivity index (χ4n) is 3.75. The van der Waals surface area contributed by atoms with Gasteiger partial charge in [-0.15, -0.1) is 0 Å². The van der Waals surface area contributed by atoms with Crippen LogP contribution in [0.5, 0.6) is 5.75 Å². The Labute approximate surface area is 128 Å². The normalized spacial score (nSPS) is 25.3. The van der Waals surface area contributed by atoms with Gasteiger partial charge in [-0.2, -0.15) is 0 Å². The molecule has 2 fully saturated rings. The van der Waals surface area contributed by atoms with Crippen molar-refractivity contribution in [3.63, 3.8) is 0 Å². The molecule has 1 aliphatic carbocycles. The smallest absolute Gasteiger partial charge is 0.118 e. The highest BCUT2D eigenvalue weighted by Gasteiger charge is 2.41. The molecule has 1 heterocycles. The fraction of sp³-hybridized carbons (Fsp3) is 0.667. The summed E-state index contributed by atoms with van der Waals surface area (Å²) < 4.78 is 11.6. The molecule has 3 heteroatoms. The van der Waals surface area contributed by atoms with Crippen molar-refractivity contribution in [1.82, 2.24) is 5.32 Å². The quantitative estimate of drug-likeness (QED) is 0.893. The monoisotopic (exact) mass is 289 g/mol. The van der Waals surface area contributed by atoms with Crippen molar-refractivity contribution in [1.29, 1.82) is 0 Å². The lowest BCUT2D eigenvalue weighted by Gasteiger charge is -2.24. The van der Waals surface area contributed by atoms with Gasteiger partial charge >= 0.3 is 0 Å². The van der Waals surface area contributed by atoms with Gasteiger partial charge in [0.1, 0.15) is 5.75 Å². The van der Waals surface area contributed by atoms with E-state index >= 15 is 0 Å². The van der Waals surface area contributed by atoms with Crippen LogP contribution in [0.25, 0.3) is 0 Å². The van der Waals surface area contributed by atoms with Crippen molar-refractivity contribution in [2.24, 2.45) is 0 Å². The summed E-state index contributed by atoms with van der Waals surface area (Å²) in [5.41, 5.74) is 1.54. The maximum atomic E-state index is 6.35. The van der Waals surface area contributed by atoms with E-state index in [1.807, 2.05) is 12.1 Å². The zero-order chi connectivity index (χ0) is 14.7. The van der Waals surface area contributed by atoms with Crippen LogP contribution in [-0.2, 0) is 4.74 Å². The topological polar surface area (TPSA) is 30.5 Å². The molecule has 0 aromatic heterocycles. The molecule has 3 rings (SSSR count). The first-order valence-electron chi connectivity index (χ1n) is 8.26. The number of rotatable bonds is 5. The molecule has 1 aromatic carbocycles. The minimum Gasteiger partial charge on any atom is -0.497 e. The highest BCUT2D eigenvalue weighted by Crippen LogP contribution is 2.43. The average Bonchev–Trinajstić information content (AvgIpc) is 3.15. The molecule has 2 unspecified atom stereocenters. The second kappa shape index (κ2) is 6.37. The largest absolute Gasteiger partial charge is 0.497 e. The molecule has 0 bridgehead atoms. The summed E-state index contributed by atoms with van der Waals surface area (Å²) in [5, 5.41) is 3.62. The van der Waals surface area contributed by atoms with E-state index in [4.69, 9.17) is 9.47 Å². The molecule has 0 amide bonds. The van der Waals surface area contributed by atoms with Crippen LogP contribution < -0.4 is 10.1 Å². The van der Waals surface area contributed by atoms with E-state index in [1.54, 1.807) is 7.11 Å². The summed E-state index contributed by atoms with van der Waals surface area (Å²) in [7, 11) is 1.70. The van der Waals surface area contributed by atoms with E-state index in [2.05, 4.69) is 24.4 Å². The minimum atomic E-state index is 0.246. The predicted octanol–water partition coefficient (Wildman–Crippen LogP) is 3.84. The second-order valence-electron chi connectivity index (χ2n) is 6.57. The van der Waals surface area contributed by atoms with Gasteiger partial charge in [0, 0.05) is 12.6 Å². The maximum Gasteiger partial charge on any atom is 0.118 e. The third-order valence-electron chi connectivity index (χ3n) is 5.12. The molecule has 2 atom stereocenters. The summed E-state index contributed by atoms with van der Waals surface area (Å²) in [6.07, 6.45) is 8.11. The minimum absolute atomic E-state index is 0.246. The molecule has 0 radical (unpaired) electrons. The van der Waals surface area contributed by atoms with Gasteiger partial charge < -0.3 is 14.8 Å². The standard InChI is InChI=1S/C18H27NO2/c1-14(15-5-7-16(20-2)8-6-15)19-13-17-9-12-18(21-17)10-3-4-11-18/h5-8,14,17,19H,3-4,9-13H2,1-2H3. The molecule has 1 saturated heterocycles. The molecule has 116 valence electrons. The zero-order valence-electron chi connectivity index (χ0n) is 13.2. The summed E-state index contributed by atoms with van der Waals surface area (Å²) >= 11 is 0. The molecule has 2 aliphatic rings. The van der Waals surface area contributed by atoms with Crippen LogP contribution in [0.1, 0.15) is 57.1 Å². The van der Waals surface area contributed by atoms with Gasteiger partial charge in [-0.3, -0.25) is 0 Å². The Morgan fingerprint density at radius 2 is 1.95 bits per heavy atom. The van der Waals surface area contributed by atoms with Crippen molar-refractivity contribution in [3.05, 3.63) is 29.8 Å². The number of methoxy groups -OCH3 is 1. The lowest BCUT2D eigenvalue weighted by atomic mass is 9.98. The highest BCUT2D eigenvalue weighted by atomic mass is 16.5. The van der Waals surface area contributed by atoms with Crippen LogP contribution in [0.3, 0.4) is 0 Å². The summed E-state index contributed by atoms with van der Waals surface area (Å²) in [6.45, 7) is 3.16. The van der Waals surface area contributed by atoms with E-state index in [1.165, 1.54) is 44.1 Å². The average molecular weight is 289 g/mol. The Morgan fingerprint density at radius 1 is 1.24 bits per heavy atom. The van der Waals surface area contributed by atoms with Crippen molar-refractivity contribution in [2.45, 2.75) is 63.2 Å². The van der Waals surface area contributed by atoms with Crippen molar-refractivity contribution >= 4 is 0 Å². The van der Waals surface area contributed by atoms with E-state index in [0.29, 0.717) is 12.1 Å². The summed E-state index contributed by atoms with van der Waals surface area (Å²) in [4.78, 5) is 0. The van der Waals surface area contributed by atoms with Gasteiger partial charge in [0.15, 0.2) is 0 Å². The van der Waals surface area contributed by atoms with Gasteiger partial charge in [-0.05, 0) is 50.3 Å². The summed E-state index contributed by atoms with van der Waals surface area (Å²) in [5.74, 6) is 0.910. The number of hydrogen-bond donors (Lipinski definition) is 1. The summed E-state index contributed by atoms with van der Waals surface area (Å²) in [6, 6.07) is 8.65. The highest BCUT2D eigenvalue weighted by molar-refractivity contribution is 5.28. The first-order valence-corrected chi connectivity index (χ1v) is 8.26. The van der Waals surface area contributed by atoms with Gasteiger partial charge in [-0.25, -0.2) is 0 Å². The van der Waals surface area contributed by atoms with Crippen LogP contribution in [0.15, 0.2) is 24.3 Å². The Hall–Kier alpha value is -1.06. The Morgan fingerprint density at radius 3 is 2.62 bits per heavy atom. The van der Waals surface area contributed by atoms with E-state index in [-0.39, 0.29) is 5.60 Å². The Kier molecular flexibility index (Phi) is 4.51. The third kappa shape index (κ3) is 3.41.